The predicted molar refractivity (Wildman–Crippen MR) is 74.1 cm³/mol. The van der Waals surface area contributed by atoms with Gasteiger partial charge in [-0.25, -0.2) is 0 Å². The summed E-state index contributed by atoms with van der Waals surface area (Å²) in [5.41, 5.74) is 12.2. The summed E-state index contributed by atoms with van der Waals surface area (Å²) in [4.78, 5) is 0. The molecule has 0 aliphatic heterocycles. The molecule has 0 saturated carbocycles. The summed E-state index contributed by atoms with van der Waals surface area (Å²) >= 11 is 0. The number of anilines is 1. The van der Waals surface area contributed by atoms with Crippen molar-refractivity contribution in [2.75, 3.05) is 19.8 Å². The van der Waals surface area contributed by atoms with E-state index < -0.39 is 0 Å². The molecule has 0 saturated heterocycles. The van der Waals surface area contributed by atoms with E-state index in [9.17, 15) is 0 Å². The van der Waals surface area contributed by atoms with Gasteiger partial charge in [0.2, 0.25) is 0 Å². The van der Waals surface area contributed by atoms with E-state index in [-0.39, 0.29) is 0 Å². The summed E-state index contributed by atoms with van der Waals surface area (Å²) in [6, 6.07) is 14.7. The minimum Gasteiger partial charge on any atom is -0.398 e. The molecular formula is C15H18N2. The summed E-state index contributed by atoms with van der Waals surface area (Å²) in [6.07, 6.45) is 0.984. The Morgan fingerprint density at radius 1 is 0.941 bits per heavy atom. The van der Waals surface area contributed by atoms with Gasteiger partial charge in [-0.05, 0) is 42.4 Å². The molecule has 1 aliphatic carbocycles. The Bertz CT molecular complexity index is 518. The molecule has 2 heteroatoms. The second-order valence-electron chi connectivity index (χ2n) is 4.21. The molecule has 0 atom stereocenters. The number of rotatable bonds is 0. The lowest BCUT2D eigenvalue weighted by atomic mass is 10.1. The summed E-state index contributed by atoms with van der Waals surface area (Å²) < 4.78 is 0. The van der Waals surface area contributed by atoms with Crippen LogP contribution >= 0.6 is 0 Å². The number of hydrogen-bond acceptors (Lipinski definition) is 2. The summed E-state index contributed by atoms with van der Waals surface area (Å²) in [5.74, 6) is 0. The molecule has 0 bridgehead atoms. The highest BCUT2D eigenvalue weighted by atomic mass is 14.7. The van der Waals surface area contributed by atoms with Crippen LogP contribution in [0, 0.1) is 0 Å². The van der Waals surface area contributed by atoms with Gasteiger partial charge in [-0.15, -0.1) is 0 Å². The minimum atomic E-state index is 0.915. The van der Waals surface area contributed by atoms with Crippen LogP contribution in [0.25, 0.3) is 11.1 Å². The highest BCUT2D eigenvalue weighted by molar-refractivity contribution is 5.81. The highest BCUT2D eigenvalue weighted by Crippen LogP contribution is 2.38. The molecule has 2 nitrogen and oxygen atoms in total. The summed E-state index contributed by atoms with van der Waals surface area (Å²) in [5, 5.41) is 2.75. The SMILES string of the molecule is CNC.Nc1cccc2c1Cc1ccccc1-2. The van der Waals surface area contributed by atoms with Crippen LogP contribution in [-0.2, 0) is 6.42 Å². The van der Waals surface area contributed by atoms with Crippen molar-refractivity contribution in [3.8, 4) is 11.1 Å². The van der Waals surface area contributed by atoms with E-state index in [0.717, 1.165) is 12.1 Å². The minimum absolute atomic E-state index is 0.915. The van der Waals surface area contributed by atoms with Gasteiger partial charge in [0, 0.05) is 12.1 Å². The number of benzene rings is 2. The lowest BCUT2D eigenvalue weighted by Gasteiger charge is -2.02. The molecule has 0 fully saturated rings. The zero-order valence-corrected chi connectivity index (χ0v) is 10.3. The van der Waals surface area contributed by atoms with Crippen LogP contribution in [0.2, 0.25) is 0 Å². The number of nitrogen functional groups attached to an aromatic ring is 1. The van der Waals surface area contributed by atoms with Gasteiger partial charge in [-0.3, -0.25) is 0 Å². The van der Waals surface area contributed by atoms with Crippen LogP contribution in [0.3, 0.4) is 0 Å². The first kappa shape index (κ1) is 11.7. The number of nitrogens with two attached hydrogens (primary N) is 1. The third-order valence-corrected chi connectivity index (χ3v) is 2.89. The molecule has 0 amide bonds. The van der Waals surface area contributed by atoms with Gasteiger partial charge in [-0.1, -0.05) is 36.4 Å². The molecule has 17 heavy (non-hydrogen) atoms. The Morgan fingerprint density at radius 3 is 2.35 bits per heavy atom. The third kappa shape index (κ3) is 2.17. The van der Waals surface area contributed by atoms with Crippen molar-refractivity contribution < 1.29 is 0 Å². The Labute approximate surface area is 102 Å². The standard InChI is InChI=1S/C13H11N.C2H7N/c14-13-7-3-6-11-10-5-2-1-4-9(10)8-12(11)13;1-3-2/h1-7H,8,14H2;3H,1-2H3. The maximum absolute atomic E-state index is 5.95. The average Bonchev–Trinajstić information content (AvgIpc) is 2.71. The Morgan fingerprint density at radius 2 is 1.59 bits per heavy atom. The normalized spacial score (nSPS) is 11.2. The van der Waals surface area contributed by atoms with Crippen LogP contribution in [0.15, 0.2) is 42.5 Å². The van der Waals surface area contributed by atoms with Crippen molar-refractivity contribution in [3.05, 3.63) is 53.6 Å². The lowest BCUT2D eigenvalue weighted by molar-refractivity contribution is 1.02. The van der Waals surface area contributed by atoms with Crippen LogP contribution in [0.1, 0.15) is 11.1 Å². The Kier molecular flexibility index (Phi) is 3.45. The van der Waals surface area contributed by atoms with Crippen molar-refractivity contribution >= 4 is 5.69 Å². The van der Waals surface area contributed by atoms with Crippen molar-refractivity contribution in [2.24, 2.45) is 0 Å². The smallest absolute Gasteiger partial charge is 0.0356 e. The quantitative estimate of drug-likeness (QED) is 0.578. The van der Waals surface area contributed by atoms with Crippen molar-refractivity contribution in [1.82, 2.24) is 5.32 Å². The predicted octanol–water partition coefficient (Wildman–Crippen LogP) is 2.68. The van der Waals surface area contributed by atoms with E-state index in [4.69, 9.17) is 5.73 Å². The van der Waals surface area contributed by atoms with E-state index in [1.54, 1.807) is 0 Å². The number of hydrogen-bond donors (Lipinski definition) is 2. The van der Waals surface area contributed by atoms with Gasteiger partial charge < -0.3 is 11.1 Å². The van der Waals surface area contributed by atoms with Gasteiger partial charge in [0.25, 0.3) is 0 Å². The second-order valence-corrected chi connectivity index (χ2v) is 4.21. The van der Waals surface area contributed by atoms with Gasteiger partial charge in [-0.2, -0.15) is 0 Å². The molecule has 3 rings (SSSR count). The van der Waals surface area contributed by atoms with Crippen molar-refractivity contribution in [1.29, 1.82) is 0 Å². The second kappa shape index (κ2) is 5.02. The van der Waals surface area contributed by atoms with Gasteiger partial charge in [0.1, 0.15) is 0 Å². The van der Waals surface area contributed by atoms with Crippen molar-refractivity contribution in [2.45, 2.75) is 6.42 Å². The highest BCUT2D eigenvalue weighted by Gasteiger charge is 2.18. The largest absolute Gasteiger partial charge is 0.398 e. The van der Waals surface area contributed by atoms with E-state index in [1.807, 2.05) is 26.2 Å². The van der Waals surface area contributed by atoms with E-state index in [0.29, 0.717) is 0 Å². The maximum Gasteiger partial charge on any atom is 0.0356 e. The third-order valence-electron chi connectivity index (χ3n) is 2.89. The zero-order valence-electron chi connectivity index (χ0n) is 10.3. The van der Waals surface area contributed by atoms with Gasteiger partial charge in [0.15, 0.2) is 0 Å². The number of nitrogens with one attached hydrogen (secondary N) is 1. The topological polar surface area (TPSA) is 38.0 Å². The van der Waals surface area contributed by atoms with Crippen LogP contribution in [-0.4, -0.2) is 14.1 Å². The number of fused-ring (bicyclic) bond motifs is 3. The molecule has 88 valence electrons. The Hall–Kier alpha value is -1.80. The molecular weight excluding hydrogens is 208 g/mol. The molecule has 0 heterocycles. The molecule has 2 aromatic carbocycles. The molecule has 0 aromatic heterocycles. The van der Waals surface area contributed by atoms with Crippen LogP contribution < -0.4 is 11.1 Å². The Balaban J connectivity index is 0.000000329. The van der Waals surface area contributed by atoms with E-state index in [2.05, 4.69) is 35.6 Å². The monoisotopic (exact) mass is 226 g/mol. The fraction of sp³-hybridized carbons (Fsp3) is 0.200. The van der Waals surface area contributed by atoms with Crippen LogP contribution in [0.5, 0.6) is 0 Å². The molecule has 3 N–H and O–H groups in total. The first-order valence-electron chi connectivity index (χ1n) is 5.82. The van der Waals surface area contributed by atoms with Gasteiger partial charge >= 0.3 is 0 Å². The molecule has 0 unspecified atom stereocenters. The van der Waals surface area contributed by atoms with E-state index >= 15 is 0 Å². The molecule has 0 spiro atoms. The zero-order chi connectivity index (χ0) is 12.3. The average molecular weight is 226 g/mol. The fourth-order valence-corrected chi connectivity index (χ4v) is 2.18. The molecule has 1 aliphatic rings. The van der Waals surface area contributed by atoms with Crippen molar-refractivity contribution in [3.63, 3.8) is 0 Å². The maximum atomic E-state index is 5.95. The van der Waals surface area contributed by atoms with Crippen LogP contribution in [0.4, 0.5) is 5.69 Å². The first-order valence-corrected chi connectivity index (χ1v) is 5.82. The summed E-state index contributed by atoms with van der Waals surface area (Å²) in [7, 11) is 3.75. The van der Waals surface area contributed by atoms with E-state index in [1.165, 1.54) is 22.3 Å². The first-order chi connectivity index (χ1) is 8.27. The summed E-state index contributed by atoms with van der Waals surface area (Å²) in [6.45, 7) is 0. The molecule has 0 radical (unpaired) electrons. The lowest BCUT2D eigenvalue weighted by Crippen LogP contribution is -1.91. The van der Waals surface area contributed by atoms with Gasteiger partial charge in [0.05, 0.1) is 0 Å². The molecule has 2 aromatic rings. The fourth-order valence-electron chi connectivity index (χ4n) is 2.18.